The van der Waals surface area contributed by atoms with E-state index >= 15 is 0 Å². The van der Waals surface area contributed by atoms with Gasteiger partial charge < -0.3 is 15.4 Å². The lowest BCUT2D eigenvalue weighted by molar-refractivity contribution is -0.115. The molecule has 4 aromatic rings. The molecule has 174 valence electrons. The van der Waals surface area contributed by atoms with Crippen LogP contribution in [0.4, 0.5) is 5.69 Å². The number of hydrogen-bond donors (Lipinski definition) is 2. The van der Waals surface area contributed by atoms with Crippen LogP contribution in [0, 0.1) is 12.3 Å². The summed E-state index contributed by atoms with van der Waals surface area (Å²) in [5.41, 5.74) is 3.86. The molecule has 4 rings (SSSR count). The van der Waals surface area contributed by atoms with Gasteiger partial charge >= 0.3 is 0 Å². The molecule has 3 aromatic carbocycles. The van der Waals surface area contributed by atoms with Gasteiger partial charge in [-0.1, -0.05) is 54.5 Å². The van der Waals surface area contributed by atoms with Gasteiger partial charge in [0.15, 0.2) is 0 Å². The van der Waals surface area contributed by atoms with Gasteiger partial charge in [-0.2, -0.15) is 5.10 Å². The Kier molecular flexibility index (Phi) is 7.24. The van der Waals surface area contributed by atoms with E-state index in [1.165, 1.54) is 0 Å². The number of nitrogens with zero attached hydrogens (tertiary/aromatic N) is 2. The molecule has 2 N–H and O–H groups in total. The maximum absolute atomic E-state index is 13.1. The van der Waals surface area contributed by atoms with Crippen molar-refractivity contribution in [2.75, 3.05) is 19.0 Å². The summed E-state index contributed by atoms with van der Waals surface area (Å²) < 4.78 is 7.04. The van der Waals surface area contributed by atoms with E-state index in [0.717, 1.165) is 11.1 Å². The molecule has 0 unspecified atom stereocenters. The molecule has 0 aliphatic heterocycles. The third-order valence-corrected chi connectivity index (χ3v) is 5.26. The molecule has 1 heterocycles. The summed E-state index contributed by atoms with van der Waals surface area (Å²) in [4.78, 5) is 25.5. The lowest BCUT2D eigenvalue weighted by Crippen LogP contribution is -2.33. The van der Waals surface area contributed by atoms with Crippen LogP contribution >= 0.6 is 0 Å². The molecule has 0 fully saturated rings. The summed E-state index contributed by atoms with van der Waals surface area (Å²) in [6.45, 7) is 0.289. The van der Waals surface area contributed by atoms with Gasteiger partial charge in [0.05, 0.1) is 25.8 Å². The van der Waals surface area contributed by atoms with Crippen molar-refractivity contribution in [3.8, 4) is 29.4 Å². The van der Waals surface area contributed by atoms with Crippen molar-refractivity contribution in [2.45, 2.75) is 6.54 Å². The van der Waals surface area contributed by atoms with Crippen molar-refractivity contribution in [3.05, 3.63) is 102 Å². The first-order valence-electron chi connectivity index (χ1n) is 11.0. The fraction of sp³-hybridized carbons (Fsp3) is 0.107. The van der Waals surface area contributed by atoms with Gasteiger partial charge in [0, 0.05) is 23.0 Å². The van der Waals surface area contributed by atoms with Crippen molar-refractivity contribution >= 4 is 17.5 Å². The zero-order valence-corrected chi connectivity index (χ0v) is 19.2. The highest BCUT2D eigenvalue weighted by molar-refractivity contribution is 6.02. The molecule has 0 saturated carbocycles. The quantitative estimate of drug-likeness (QED) is 0.387. The second-order valence-electron chi connectivity index (χ2n) is 7.76. The average Bonchev–Trinajstić information content (AvgIpc) is 3.32. The molecule has 0 bridgehead atoms. The smallest absolute Gasteiger partial charge is 0.255 e. The summed E-state index contributed by atoms with van der Waals surface area (Å²) in [5, 5.41) is 10.1. The zero-order chi connectivity index (χ0) is 24.6. The maximum atomic E-state index is 13.1. The first kappa shape index (κ1) is 23.3. The number of rotatable bonds is 8. The first-order chi connectivity index (χ1) is 17.1. The van der Waals surface area contributed by atoms with Crippen molar-refractivity contribution < 1.29 is 14.3 Å². The molecule has 0 aliphatic rings. The Balaban J connectivity index is 1.53. The minimum absolute atomic E-state index is 0.208. The van der Waals surface area contributed by atoms with E-state index in [1.54, 1.807) is 42.3 Å². The molecular weight excluding hydrogens is 440 g/mol. The third-order valence-electron chi connectivity index (χ3n) is 5.26. The molecule has 0 atom stereocenters. The van der Waals surface area contributed by atoms with Crippen LogP contribution in [0.3, 0.4) is 0 Å². The van der Waals surface area contributed by atoms with Gasteiger partial charge in [-0.3, -0.25) is 14.3 Å². The molecule has 0 aliphatic carbocycles. The molecule has 0 saturated heterocycles. The van der Waals surface area contributed by atoms with Crippen LogP contribution < -0.4 is 15.4 Å². The number of ether oxygens (including phenoxy) is 1. The van der Waals surface area contributed by atoms with Crippen LogP contribution in [0.15, 0.2) is 85.1 Å². The number of aromatic nitrogens is 2. The Bertz CT molecular complexity index is 1390. The van der Waals surface area contributed by atoms with Crippen LogP contribution in [0.25, 0.3) is 11.3 Å². The highest BCUT2D eigenvalue weighted by Crippen LogP contribution is 2.26. The lowest BCUT2D eigenvalue weighted by atomic mass is 10.1. The maximum Gasteiger partial charge on any atom is 0.255 e. The zero-order valence-electron chi connectivity index (χ0n) is 19.2. The molecule has 7 heteroatoms. The number of terminal acetylenes is 1. The van der Waals surface area contributed by atoms with Gasteiger partial charge in [0.25, 0.3) is 5.91 Å². The summed E-state index contributed by atoms with van der Waals surface area (Å²) in [6, 6.07) is 24.1. The minimum atomic E-state index is -0.408. The average molecular weight is 465 g/mol. The Labute approximate surface area is 203 Å². The highest BCUT2D eigenvalue weighted by Gasteiger charge is 2.19. The second-order valence-corrected chi connectivity index (χ2v) is 7.76. The van der Waals surface area contributed by atoms with Crippen LogP contribution in [-0.4, -0.2) is 35.2 Å². The predicted octanol–water partition coefficient (Wildman–Crippen LogP) is 3.96. The highest BCUT2D eigenvalue weighted by atomic mass is 16.5. The SMILES string of the molecule is C#Cc1cccc(NC(=O)CNC(=O)c2cn(Cc3ccccc3)nc2-c2cccc(OC)c2)c1. The largest absolute Gasteiger partial charge is 0.497 e. The molecule has 2 amide bonds. The van der Waals surface area contributed by atoms with Crippen molar-refractivity contribution in [1.29, 1.82) is 0 Å². The van der Waals surface area contributed by atoms with Crippen LogP contribution in [0.2, 0.25) is 0 Å². The van der Waals surface area contributed by atoms with Gasteiger partial charge in [0.2, 0.25) is 5.91 Å². The minimum Gasteiger partial charge on any atom is -0.497 e. The fourth-order valence-corrected chi connectivity index (χ4v) is 3.57. The van der Waals surface area contributed by atoms with Crippen molar-refractivity contribution in [1.82, 2.24) is 15.1 Å². The number of benzene rings is 3. The summed E-state index contributed by atoms with van der Waals surface area (Å²) in [5.74, 6) is 2.40. The number of carbonyl (C=O) groups is 2. The number of methoxy groups -OCH3 is 1. The summed E-state index contributed by atoms with van der Waals surface area (Å²) in [6.07, 6.45) is 7.09. The van der Waals surface area contributed by atoms with E-state index in [9.17, 15) is 9.59 Å². The van der Waals surface area contributed by atoms with Gasteiger partial charge in [-0.05, 0) is 35.9 Å². The molecule has 7 nitrogen and oxygen atoms in total. The molecular formula is C28H24N4O3. The van der Waals surface area contributed by atoms with Gasteiger partial charge in [0.1, 0.15) is 11.4 Å². The van der Waals surface area contributed by atoms with Gasteiger partial charge in [-0.25, -0.2) is 0 Å². The Hall–Kier alpha value is -4.83. The molecule has 35 heavy (non-hydrogen) atoms. The van der Waals surface area contributed by atoms with E-state index in [0.29, 0.717) is 34.8 Å². The Morgan fingerprint density at radius 2 is 1.83 bits per heavy atom. The van der Waals surface area contributed by atoms with Crippen LogP contribution in [0.5, 0.6) is 5.75 Å². The lowest BCUT2D eigenvalue weighted by Gasteiger charge is -2.08. The number of amides is 2. The standard InChI is InChI=1S/C28H24N4O3/c1-3-20-11-7-13-23(15-20)30-26(33)17-29-28(34)25-19-32(18-21-9-5-4-6-10-21)31-27(25)22-12-8-14-24(16-22)35-2/h1,4-16,19H,17-18H2,2H3,(H,29,34)(H,30,33). The third kappa shape index (κ3) is 5.95. The Morgan fingerprint density at radius 1 is 1.03 bits per heavy atom. The number of carbonyl (C=O) groups excluding carboxylic acids is 2. The first-order valence-corrected chi connectivity index (χ1v) is 11.0. The van der Waals surface area contributed by atoms with E-state index in [-0.39, 0.29) is 12.5 Å². The van der Waals surface area contributed by atoms with Crippen LogP contribution in [0.1, 0.15) is 21.5 Å². The van der Waals surface area contributed by atoms with Crippen molar-refractivity contribution in [3.63, 3.8) is 0 Å². The summed E-state index contributed by atoms with van der Waals surface area (Å²) in [7, 11) is 1.58. The Morgan fingerprint density at radius 3 is 2.60 bits per heavy atom. The van der Waals surface area contributed by atoms with E-state index in [4.69, 9.17) is 11.2 Å². The van der Waals surface area contributed by atoms with Crippen molar-refractivity contribution in [2.24, 2.45) is 0 Å². The molecule has 0 spiro atoms. The predicted molar refractivity (Wildman–Crippen MR) is 135 cm³/mol. The number of nitrogens with one attached hydrogen (secondary N) is 2. The molecule has 0 radical (unpaired) electrons. The topological polar surface area (TPSA) is 85.3 Å². The van der Waals surface area contributed by atoms with Crippen LogP contribution in [-0.2, 0) is 11.3 Å². The fourth-order valence-electron chi connectivity index (χ4n) is 3.57. The second kappa shape index (κ2) is 10.9. The number of anilines is 1. The van der Waals surface area contributed by atoms with E-state index in [2.05, 4.69) is 21.7 Å². The molecule has 1 aromatic heterocycles. The normalized spacial score (nSPS) is 10.3. The monoisotopic (exact) mass is 464 g/mol. The number of hydrogen-bond acceptors (Lipinski definition) is 4. The van der Waals surface area contributed by atoms with E-state index in [1.807, 2.05) is 54.6 Å². The summed E-state index contributed by atoms with van der Waals surface area (Å²) >= 11 is 0. The van der Waals surface area contributed by atoms with E-state index < -0.39 is 5.91 Å². The van der Waals surface area contributed by atoms with Gasteiger partial charge in [-0.15, -0.1) is 6.42 Å².